The topological polar surface area (TPSA) is 17.6 Å². The molecule has 3 rings (SSSR count). The van der Waals surface area contributed by atoms with Gasteiger partial charge >= 0.3 is 0 Å². The summed E-state index contributed by atoms with van der Waals surface area (Å²) in [6.45, 7) is 1.69. The highest BCUT2D eigenvalue weighted by molar-refractivity contribution is 5.22. The Labute approximate surface area is 119 Å². The molecule has 0 N–H and O–H groups in total. The van der Waals surface area contributed by atoms with E-state index in [0.717, 1.165) is 13.1 Å². The summed E-state index contributed by atoms with van der Waals surface area (Å²) in [6, 6.07) is 8.65. The predicted octanol–water partition coefficient (Wildman–Crippen LogP) is 0.636. The van der Waals surface area contributed by atoms with Gasteiger partial charge < -0.3 is 18.3 Å². The summed E-state index contributed by atoms with van der Waals surface area (Å²) in [5.41, 5.74) is 2.57. The van der Waals surface area contributed by atoms with Crippen molar-refractivity contribution < 1.29 is 9.13 Å². The first-order valence-corrected chi connectivity index (χ1v) is 6.65. The van der Waals surface area contributed by atoms with Crippen LogP contribution in [-0.2, 0) is 27.2 Å². The maximum Gasteiger partial charge on any atom is 0.203 e. The van der Waals surface area contributed by atoms with Crippen molar-refractivity contribution in [3.63, 3.8) is 0 Å². The zero-order chi connectivity index (χ0) is 13.9. The monoisotopic (exact) mass is 266 g/mol. The number of nitrogens with zero attached hydrogens (tertiary/aromatic N) is 4. The Morgan fingerprint density at radius 1 is 0.900 bits per heavy atom. The van der Waals surface area contributed by atoms with Gasteiger partial charge in [-0.05, 0) is 42.0 Å². The first-order valence-electron chi connectivity index (χ1n) is 6.65. The van der Waals surface area contributed by atoms with E-state index in [2.05, 4.69) is 46.1 Å². The SMILES string of the molecule is Cn1[c-][n+](Cc2cccc(C[n+]3[c-]n(C)cc3)c2)cc1. The molecule has 0 fully saturated rings. The number of hydrogen-bond acceptors (Lipinski definition) is 0. The second-order valence-corrected chi connectivity index (χ2v) is 5.09. The number of benzene rings is 1. The molecule has 0 atom stereocenters. The van der Waals surface area contributed by atoms with E-state index in [1.165, 1.54) is 11.1 Å². The van der Waals surface area contributed by atoms with Crippen LogP contribution in [0.2, 0.25) is 0 Å². The van der Waals surface area contributed by atoms with Gasteiger partial charge in [0.25, 0.3) is 0 Å². The molecule has 4 nitrogen and oxygen atoms in total. The Kier molecular flexibility index (Phi) is 3.37. The number of aryl methyl sites for hydroxylation is 2. The van der Waals surface area contributed by atoms with E-state index >= 15 is 0 Å². The minimum Gasteiger partial charge on any atom is -0.354 e. The maximum absolute atomic E-state index is 3.22. The molecule has 0 saturated carbocycles. The lowest BCUT2D eigenvalue weighted by molar-refractivity contribution is -0.692. The summed E-state index contributed by atoms with van der Waals surface area (Å²) in [7, 11) is 3.96. The largest absolute Gasteiger partial charge is 0.354 e. The highest BCUT2D eigenvalue weighted by Gasteiger charge is 2.01. The van der Waals surface area contributed by atoms with Crippen LogP contribution in [0.15, 0.2) is 49.1 Å². The number of hydrogen-bond donors (Lipinski definition) is 0. The molecule has 0 bridgehead atoms. The zero-order valence-electron chi connectivity index (χ0n) is 11.8. The number of aromatic nitrogens is 4. The maximum atomic E-state index is 3.22. The van der Waals surface area contributed by atoms with Crippen molar-refractivity contribution in [3.8, 4) is 0 Å². The van der Waals surface area contributed by atoms with Crippen molar-refractivity contribution in [3.05, 3.63) is 72.8 Å². The number of rotatable bonds is 4. The molecule has 0 radical (unpaired) electrons. The van der Waals surface area contributed by atoms with Gasteiger partial charge in [-0.2, -0.15) is 0 Å². The van der Waals surface area contributed by atoms with Crippen molar-refractivity contribution in [2.45, 2.75) is 13.1 Å². The molecular weight excluding hydrogens is 248 g/mol. The van der Waals surface area contributed by atoms with Crippen LogP contribution in [0.25, 0.3) is 0 Å². The van der Waals surface area contributed by atoms with Crippen LogP contribution in [0, 0.1) is 12.7 Å². The summed E-state index contributed by atoms with van der Waals surface area (Å²) < 4.78 is 7.97. The van der Waals surface area contributed by atoms with Crippen molar-refractivity contribution in [2.24, 2.45) is 14.1 Å². The van der Waals surface area contributed by atoms with E-state index in [4.69, 9.17) is 0 Å². The highest BCUT2D eigenvalue weighted by Crippen LogP contribution is 2.05. The Morgan fingerprint density at radius 2 is 1.40 bits per heavy atom. The summed E-state index contributed by atoms with van der Waals surface area (Å²) >= 11 is 0. The quantitative estimate of drug-likeness (QED) is 0.487. The lowest BCUT2D eigenvalue weighted by Gasteiger charge is -2.05. The molecule has 2 heterocycles. The lowest BCUT2D eigenvalue weighted by Crippen LogP contribution is -2.33. The first-order chi connectivity index (χ1) is 9.69. The summed E-state index contributed by atoms with van der Waals surface area (Å²) in [5.74, 6) is 0. The summed E-state index contributed by atoms with van der Waals surface area (Å²) in [5, 5.41) is 0. The van der Waals surface area contributed by atoms with Crippen LogP contribution in [-0.4, -0.2) is 9.13 Å². The van der Waals surface area contributed by atoms with Crippen LogP contribution in [0.1, 0.15) is 11.1 Å². The van der Waals surface area contributed by atoms with Gasteiger partial charge in [0.2, 0.25) is 12.7 Å². The minimum atomic E-state index is 0.845. The fourth-order valence-corrected chi connectivity index (χ4v) is 2.30. The molecule has 4 heteroatoms. The van der Waals surface area contributed by atoms with E-state index in [0.29, 0.717) is 0 Å². The summed E-state index contributed by atoms with van der Waals surface area (Å²) in [6.07, 6.45) is 14.5. The van der Waals surface area contributed by atoms with Crippen LogP contribution >= 0.6 is 0 Å². The number of imidazole rings is 2. The molecular formula is C16H18N4. The zero-order valence-corrected chi connectivity index (χ0v) is 11.8. The van der Waals surface area contributed by atoms with E-state index in [9.17, 15) is 0 Å². The van der Waals surface area contributed by atoms with Gasteiger partial charge in [-0.1, -0.05) is 18.2 Å². The van der Waals surface area contributed by atoms with Crippen molar-refractivity contribution in [2.75, 3.05) is 0 Å². The molecule has 3 aromatic rings. The van der Waals surface area contributed by atoms with E-state index in [1.807, 2.05) is 48.0 Å². The molecule has 1 aromatic carbocycles. The Morgan fingerprint density at radius 3 is 1.80 bits per heavy atom. The predicted molar refractivity (Wildman–Crippen MR) is 73.5 cm³/mol. The van der Waals surface area contributed by atoms with E-state index in [1.54, 1.807) is 0 Å². The standard InChI is InChI=1S/C16H18N4/c1-17-6-8-19(13-17)11-15-4-3-5-16(10-15)12-20-9-7-18(2)14-20/h3-10H,11-12H2,1-2H3. The van der Waals surface area contributed by atoms with Crippen LogP contribution in [0.4, 0.5) is 0 Å². The Hall–Kier alpha value is -2.36. The summed E-state index contributed by atoms with van der Waals surface area (Å²) in [4.78, 5) is 0. The van der Waals surface area contributed by atoms with Crippen molar-refractivity contribution in [1.29, 1.82) is 0 Å². The molecule has 2 aromatic heterocycles. The van der Waals surface area contributed by atoms with Gasteiger partial charge in [-0.25, -0.2) is 0 Å². The normalized spacial score (nSPS) is 10.9. The van der Waals surface area contributed by atoms with Gasteiger partial charge in [0.15, 0.2) is 0 Å². The molecule has 0 amide bonds. The molecule has 0 spiro atoms. The Balaban J connectivity index is 1.75. The molecule has 0 unspecified atom stereocenters. The highest BCUT2D eigenvalue weighted by atomic mass is 15.1. The van der Waals surface area contributed by atoms with Crippen LogP contribution in [0.3, 0.4) is 0 Å². The van der Waals surface area contributed by atoms with Crippen molar-refractivity contribution in [1.82, 2.24) is 9.13 Å². The fraction of sp³-hybridized carbons (Fsp3) is 0.250. The van der Waals surface area contributed by atoms with Gasteiger partial charge in [-0.15, -0.1) is 0 Å². The van der Waals surface area contributed by atoms with E-state index in [-0.39, 0.29) is 0 Å². The van der Waals surface area contributed by atoms with Crippen LogP contribution < -0.4 is 9.13 Å². The van der Waals surface area contributed by atoms with Crippen molar-refractivity contribution >= 4 is 0 Å². The minimum absolute atomic E-state index is 0.845. The molecule has 0 aliphatic carbocycles. The third-order valence-corrected chi connectivity index (χ3v) is 3.21. The molecule has 102 valence electrons. The third-order valence-electron chi connectivity index (χ3n) is 3.21. The average molecular weight is 266 g/mol. The Bertz CT molecular complexity index is 651. The third kappa shape index (κ3) is 2.96. The van der Waals surface area contributed by atoms with Gasteiger partial charge in [0.1, 0.15) is 0 Å². The molecule has 0 aliphatic heterocycles. The lowest BCUT2D eigenvalue weighted by atomic mass is 10.1. The van der Waals surface area contributed by atoms with Gasteiger partial charge in [-0.3, -0.25) is 0 Å². The smallest absolute Gasteiger partial charge is 0.203 e. The second kappa shape index (κ2) is 5.33. The molecule has 0 aliphatic rings. The van der Waals surface area contributed by atoms with Crippen LogP contribution in [0.5, 0.6) is 0 Å². The van der Waals surface area contributed by atoms with E-state index < -0.39 is 0 Å². The average Bonchev–Trinajstić information content (AvgIpc) is 2.99. The first kappa shape index (κ1) is 12.7. The molecule has 20 heavy (non-hydrogen) atoms. The molecule has 0 saturated heterocycles. The van der Waals surface area contributed by atoms with Gasteiger partial charge in [0, 0.05) is 0 Å². The fourth-order valence-electron chi connectivity index (χ4n) is 2.30. The second-order valence-electron chi connectivity index (χ2n) is 5.09. The van der Waals surface area contributed by atoms with Gasteiger partial charge in [0.05, 0.1) is 27.2 Å².